The van der Waals surface area contributed by atoms with E-state index in [9.17, 15) is 13.2 Å². The molecule has 32 heavy (non-hydrogen) atoms. The molecule has 0 saturated carbocycles. The van der Waals surface area contributed by atoms with Gasteiger partial charge < -0.3 is 5.32 Å². The molecule has 0 bridgehead atoms. The summed E-state index contributed by atoms with van der Waals surface area (Å²) in [6.45, 7) is 6.37. The Labute approximate surface area is 187 Å². The first-order valence-electron chi connectivity index (χ1n) is 10.1. The maximum absolute atomic E-state index is 12.8. The molecule has 1 amide bonds. The summed E-state index contributed by atoms with van der Waals surface area (Å²) in [5.41, 5.74) is 3.68. The number of sulfone groups is 1. The monoisotopic (exact) mass is 448 g/mol. The molecular weight excluding hydrogens is 424 g/mol. The van der Waals surface area contributed by atoms with Gasteiger partial charge in [-0.25, -0.2) is 17.9 Å². The van der Waals surface area contributed by atoms with E-state index in [-0.39, 0.29) is 16.2 Å². The molecule has 2 aromatic heterocycles. The van der Waals surface area contributed by atoms with Gasteiger partial charge in [-0.2, -0.15) is 5.10 Å². The van der Waals surface area contributed by atoms with Gasteiger partial charge in [0.05, 0.1) is 16.8 Å². The van der Waals surface area contributed by atoms with Crippen LogP contribution in [-0.4, -0.2) is 35.2 Å². The number of benzene rings is 2. The average Bonchev–Trinajstić information content (AvgIpc) is 3.21. The number of carbonyl (C=O) groups is 1. The molecule has 0 atom stereocenters. The van der Waals surface area contributed by atoms with Gasteiger partial charge in [0.15, 0.2) is 15.5 Å². The molecule has 2 heterocycles. The van der Waals surface area contributed by atoms with Crippen LogP contribution in [0.4, 0.5) is 5.82 Å². The zero-order valence-corrected chi connectivity index (χ0v) is 19.1. The molecular formula is C24H24N4O3S. The van der Waals surface area contributed by atoms with Crippen LogP contribution < -0.4 is 5.32 Å². The molecule has 0 aliphatic carbocycles. The van der Waals surface area contributed by atoms with E-state index in [1.54, 1.807) is 59.2 Å². The van der Waals surface area contributed by atoms with Gasteiger partial charge in [0.2, 0.25) is 0 Å². The highest BCUT2D eigenvalue weighted by Gasteiger charge is 2.16. The van der Waals surface area contributed by atoms with Crippen LogP contribution in [0.5, 0.6) is 0 Å². The lowest BCUT2D eigenvalue weighted by Crippen LogP contribution is -2.15. The first kappa shape index (κ1) is 21.7. The highest BCUT2D eigenvalue weighted by atomic mass is 32.2. The molecule has 4 rings (SSSR count). The van der Waals surface area contributed by atoms with Gasteiger partial charge in [0.25, 0.3) is 5.91 Å². The topological polar surface area (TPSA) is 93.4 Å². The fourth-order valence-corrected chi connectivity index (χ4v) is 4.00. The summed E-state index contributed by atoms with van der Waals surface area (Å²) in [6, 6.07) is 17.5. The molecule has 2 aromatic carbocycles. The van der Waals surface area contributed by atoms with E-state index in [1.807, 2.05) is 12.1 Å². The summed E-state index contributed by atoms with van der Waals surface area (Å²) in [7, 11) is -3.29. The Morgan fingerprint density at radius 3 is 2.22 bits per heavy atom. The van der Waals surface area contributed by atoms with E-state index in [2.05, 4.69) is 36.2 Å². The van der Waals surface area contributed by atoms with Gasteiger partial charge in [0, 0.05) is 29.5 Å². The lowest BCUT2D eigenvalue weighted by Gasteiger charge is -2.19. The Hall–Kier alpha value is -3.52. The molecule has 8 heteroatoms. The van der Waals surface area contributed by atoms with E-state index in [1.165, 1.54) is 6.26 Å². The molecule has 4 aromatic rings. The van der Waals surface area contributed by atoms with Crippen molar-refractivity contribution in [1.82, 2.24) is 14.6 Å². The number of aromatic nitrogens is 3. The van der Waals surface area contributed by atoms with Crippen molar-refractivity contribution in [3.8, 4) is 11.3 Å². The van der Waals surface area contributed by atoms with Crippen LogP contribution in [0.15, 0.2) is 71.8 Å². The van der Waals surface area contributed by atoms with Gasteiger partial charge in [-0.05, 0) is 35.2 Å². The molecule has 0 fully saturated rings. The zero-order valence-electron chi connectivity index (χ0n) is 18.3. The van der Waals surface area contributed by atoms with Gasteiger partial charge >= 0.3 is 0 Å². The average molecular weight is 449 g/mol. The number of amides is 1. The maximum atomic E-state index is 12.8. The van der Waals surface area contributed by atoms with Crippen LogP contribution in [0.2, 0.25) is 0 Å². The Bertz CT molecular complexity index is 1400. The SMILES string of the molecule is CC(C)(C)c1ccc(C(=O)Nc2cc(-c3ccc(S(C)(=O)=O)cc3)n3nccc3n2)cc1. The third-order valence-electron chi connectivity index (χ3n) is 5.19. The number of hydrogen-bond donors (Lipinski definition) is 1. The quantitative estimate of drug-likeness (QED) is 0.501. The highest BCUT2D eigenvalue weighted by Crippen LogP contribution is 2.25. The van der Waals surface area contributed by atoms with Gasteiger partial charge in [-0.3, -0.25) is 4.79 Å². The first-order chi connectivity index (χ1) is 15.0. The zero-order chi connectivity index (χ0) is 23.1. The van der Waals surface area contributed by atoms with Crippen molar-refractivity contribution in [2.24, 2.45) is 0 Å². The van der Waals surface area contributed by atoms with Crippen molar-refractivity contribution >= 4 is 27.2 Å². The Kier molecular flexibility index (Phi) is 5.34. The largest absolute Gasteiger partial charge is 0.306 e. The second kappa shape index (κ2) is 7.87. The molecule has 1 N–H and O–H groups in total. The summed E-state index contributed by atoms with van der Waals surface area (Å²) >= 11 is 0. The van der Waals surface area contributed by atoms with Gasteiger partial charge in [-0.1, -0.05) is 45.0 Å². The number of hydrogen-bond acceptors (Lipinski definition) is 5. The third-order valence-corrected chi connectivity index (χ3v) is 6.32. The highest BCUT2D eigenvalue weighted by molar-refractivity contribution is 7.90. The predicted octanol–water partition coefficient (Wildman–Crippen LogP) is 4.35. The van der Waals surface area contributed by atoms with Crippen LogP contribution in [-0.2, 0) is 15.3 Å². The minimum absolute atomic E-state index is 0.00512. The van der Waals surface area contributed by atoms with Crippen molar-refractivity contribution < 1.29 is 13.2 Å². The summed E-state index contributed by atoms with van der Waals surface area (Å²) in [6.07, 6.45) is 2.79. The normalized spacial score (nSPS) is 12.1. The van der Waals surface area contributed by atoms with Gasteiger partial charge in [0.1, 0.15) is 5.82 Å². The molecule has 0 unspecified atom stereocenters. The number of nitrogens with one attached hydrogen (secondary N) is 1. The molecule has 0 aliphatic heterocycles. The lowest BCUT2D eigenvalue weighted by atomic mass is 9.87. The summed E-state index contributed by atoms with van der Waals surface area (Å²) < 4.78 is 25.2. The Morgan fingerprint density at radius 2 is 1.62 bits per heavy atom. The van der Waals surface area contributed by atoms with Crippen LogP contribution in [0, 0.1) is 0 Å². The molecule has 0 saturated heterocycles. The third kappa shape index (κ3) is 4.40. The van der Waals surface area contributed by atoms with Crippen molar-refractivity contribution in [3.05, 3.63) is 78.0 Å². The van der Waals surface area contributed by atoms with Crippen molar-refractivity contribution in [1.29, 1.82) is 0 Å². The predicted molar refractivity (Wildman–Crippen MR) is 125 cm³/mol. The smallest absolute Gasteiger partial charge is 0.256 e. The number of anilines is 1. The summed E-state index contributed by atoms with van der Waals surface area (Å²) in [4.78, 5) is 17.5. The number of rotatable bonds is 4. The molecule has 0 radical (unpaired) electrons. The molecule has 164 valence electrons. The van der Waals surface area contributed by atoms with E-state index in [0.29, 0.717) is 22.7 Å². The van der Waals surface area contributed by atoms with Crippen LogP contribution in [0.1, 0.15) is 36.7 Å². The van der Waals surface area contributed by atoms with E-state index < -0.39 is 9.84 Å². The van der Waals surface area contributed by atoms with Crippen molar-refractivity contribution in [3.63, 3.8) is 0 Å². The maximum Gasteiger partial charge on any atom is 0.256 e. The number of carbonyl (C=O) groups excluding carboxylic acids is 1. The summed E-state index contributed by atoms with van der Waals surface area (Å²) in [5, 5.41) is 7.16. The minimum Gasteiger partial charge on any atom is -0.306 e. The fraction of sp³-hybridized carbons (Fsp3) is 0.208. The van der Waals surface area contributed by atoms with Crippen LogP contribution in [0.25, 0.3) is 16.9 Å². The van der Waals surface area contributed by atoms with Gasteiger partial charge in [-0.15, -0.1) is 0 Å². The van der Waals surface area contributed by atoms with Crippen LogP contribution in [0.3, 0.4) is 0 Å². The number of fused-ring (bicyclic) bond motifs is 1. The standard InChI is InChI=1S/C24H24N4O3S/c1-24(2,3)18-9-5-17(6-10-18)23(29)27-21-15-20(28-22(26-21)13-14-25-28)16-7-11-19(12-8-16)32(4,30)31/h5-15H,1-4H3,(H,26,27,29). The second-order valence-electron chi connectivity index (χ2n) is 8.71. The lowest BCUT2D eigenvalue weighted by molar-refractivity contribution is 0.102. The molecule has 0 aliphatic rings. The van der Waals surface area contributed by atoms with E-state index >= 15 is 0 Å². The van der Waals surface area contributed by atoms with Crippen molar-refractivity contribution in [2.75, 3.05) is 11.6 Å². The van der Waals surface area contributed by atoms with Crippen molar-refractivity contribution in [2.45, 2.75) is 31.1 Å². The second-order valence-corrected chi connectivity index (χ2v) is 10.7. The van der Waals surface area contributed by atoms with E-state index in [0.717, 1.165) is 11.1 Å². The Morgan fingerprint density at radius 1 is 0.969 bits per heavy atom. The molecule has 7 nitrogen and oxygen atoms in total. The molecule has 0 spiro atoms. The minimum atomic E-state index is -3.29. The van der Waals surface area contributed by atoms with Crippen LogP contribution >= 0.6 is 0 Å². The Balaban J connectivity index is 1.67. The number of nitrogens with zero attached hydrogens (tertiary/aromatic N) is 3. The summed E-state index contributed by atoms with van der Waals surface area (Å²) in [5.74, 6) is 0.116. The van der Waals surface area contributed by atoms with E-state index in [4.69, 9.17) is 0 Å². The fourth-order valence-electron chi connectivity index (χ4n) is 3.37. The first-order valence-corrected chi connectivity index (χ1v) is 12.0.